The monoisotopic (exact) mass is 474 g/mol. The van der Waals surface area contributed by atoms with Gasteiger partial charge in [0.2, 0.25) is 0 Å². The van der Waals surface area contributed by atoms with Crippen molar-refractivity contribution in [1.29, 1.82) is 0 Å². The topological polar surface area (TPSA) is 92.7 Å². The molecule has 1 aromatic carbocycles. The van der Waals surface area contributed by atoms with E-state index in [0.29, 0.717) is 31.1 Å². The molecule has 10 heteroatoms. The number of fused-ring (bicyclic) bond motifs is 1. The largest absolute Gasteiger partial charge is 0.444 e. The van der Waals surface area contributed by atoms with Gasteiger partial charge >= 0.3 is 6.09 Å². The molecule has 3 aromatic rings. The first-order valence-electron chi connectivity index (χ1n) is 10.3. The fraction of sp³-hybridized carbons (Fsp3) is 0.409. The molecular formula is C22H26N4O4S2. The highest BCUT2D eigenvalue weighted by atomic mass is 32.2. The number of hydrogen-bond donors (Lipinski definition) is 0. The van der Waals surface area contributed by atoms with Gasteiger partial charge in [0.15, 0.2) is 9.84 Å². The first-order valence-corrected chi connectivity index (χ1v) is 13.1. The molecule has 0 unspecified atom stereocenters. The van der Waals surface area contributed by atoms with Gasteiger partial charge in [0, 0.05) is 43.4 Å². The lowest BCUT2D eigenvalue weighted by Gasteiger charge is -2.36. The molecule has 0 aliphatic carbocycles. The highest BCUT2D eigenvalue weighted by Gasteiger charge is 2.27. The summed E-state index contributed by atoms with van der Waals surface area (Å²) in [5.74, 6) is 0.850. The first kappa shape index (κ1) is 22.5. The average Bonchev–Trinajstić information content (AvgIpc) is 3.16. The fourth-order valence-electron chi connectivity index (χ4n) is 3.58. The van der Waals surface area contributed by atoms with Gasteiger partial charge in [-0.1, -0.05) is 12.1 Å². The smallest absolute Gasteiger partial charge is 0.410 e. The van der Waals surface area contributed by atoms with Crippen molar-refractivity contribution in [2.45, 2.75) is 31.3 Å². The molecule has 3 heterocycles. The summed E-state index contributed by atoms with van der Waals surface area (Å²) in [6.07, 6.45) is 2.46. The molecular weight excluding hydrogens is 448 g/mol. The molecule has 0 radical (unpaired) electrons. The minimum Gasteiger partial charge on any atom is -0.444 e. The van der Waals surface area contributed by atoms with Gasteiger partial charge in [-0.15, -0.1) is 11.3 Å². The number of ether oxygens (including phenoxy) is 1. The van der Waals surface area contributed by atoms with E-state index < -0.39 is 15.4 Å². The standard InChI is InChI=1S/C22H26N4O4S2/c1-22(2,3)30-21(27)26-11-9-25(10-12-26)20-19-18(23-14-24-20)17(13-31-19)15-5-7-16(8-6-15)32(4,28)29/h5-8,13-14H,9-12H2,1-4H3. The van der Waals surface area contributed by atoms with Crippen LogP contribution < -0.4 is 4.90 Å². The van der Waals surface area contributed by atoms with Crippen LogP contribution >= 0.6 is 11.3 Å². The molecule has 32 heavy (non-hydrogen) atoms. The lowest BCUT2D eigenvalue weighted by atomic mass is 10.1. The summed E-state index contributed by atoms with van der Waals surface area (Å²) in [4.78, 5) is 25.5. The van der Waals surface area contributed by atoms with Crippen LogP contribution in [-0.2, 0) is 14.6 Å². The summed E-state index contributed by atoms with van der Waals surface area (Å²) < 4.78 is 29.9. The number of piperazine rings is 1. The zero-order valence-electron chi connectivity index (χ0n) is 18.5. The van der Waals surface area contributed by atoms with Gasteiger partial charge in [0.05, 0.1) is 15.1 Å². The zero-order chi connectivity index (χ0) is 23.1. The maximum atomic E-state index is 12.3. The third-order valence-corrected chi connectivity index (χ3v) is 7.25. The molecule has 1 saturated heterocycles. The minimum atomic E-state index is -3.24. The van der Waals surface area contributed by atoms with Crippen molar-refractivity contribution < 1.29 is 17.9 Å². The molecule has 0 N–H and O–H groups in total. The lowest BCUT2D eigenvalue weighted by Crippen LogP contribution is -2.50. The minimum absolute atomic E-state index is 0.291. The van der Waals surface area contributed by atoms with Gasteiger partial charge in [0.25, 0.3) is 0 Å². The molecule has 4 rings (SSSR count). The van der Waals surface area contributed by atoms with Crippen molar-refractivity contribution >= 4 is 43.3 Å². The van der Waals surface area contributed by atoms with E-state index in [1.165, 1.54) is 6.26 Å². The van der Waals surface area contributed by atoms with E-state index in [1.54, 1.807) is 46.8 Å². The van der Waals surface area contributed by atoms with Crippen molar-refractivity contribution in [3.63, 3.8) is 0 Å². The predicted octanol–water partition coefficient (Wildman–Crippen LogP) is 3.82. The highest BCUT2D eigenvalue weighted by molar-refractivity contribution is 7.90. The first-order chi connectivity index (χ1) is 15.0. The van der Waals surface area contributed by atoms with Crippen LogP contribution in [0.2, 0.25) is 0 Å². The number of amides is 1. The van der Waals surface area contributed by atoms with Crippen molar-refractivity contribution in [2.24, 2.45) is 0 Å². The number of thiophene rings is 1. The number of aromatic nitrogens is 2. The van der Waals surface area contributed by atoms with Crippen LogP contribution in [0.5, 0.6) is 0 Å². The molecule has 0 bridgehead atoms. The number of carbonyl (C=O) groups excluding carboxylic acids is 1. The van der Waals surface area contributed by atoms with E-state index in [1.807, 2.05) is 26.2 Å². The van der Waals surface area contributed by atoms with E-state index in [4.69, 9.17) is 4.74 Å². The Morgan fingerprint density at radius 2 is 1.72 bits per heavy atom. The molecule has 0 saturated carbocycles. The molecule has 170 valence electrons. The molecule has 1 amide bonds. The third-order valence-electron chi connectivity index (χ3n) is 5.16. The molecule has 0 atom stereocenters. The van der Waals surface area contributed by atoms with Crippen LogP contribution in [0.15, 0.2) is 40.9 Å². The number of nitrogens with zero attached hydrogens (tertiary/aromatic N) is 4. The van der Waals surface area contributed by atoms with Crippen LogP contribution in [0.3, 0.4) is 0 Å². The second-order valence-corrected chi connectivity index (χ2v) is 11.7. The molecule has 1 fully saturated rings. The quantitative estimate of drug-likeness (QED) is 0.570. The van der Waals surface area contributed by atoms with Crippen molar-refractivity contribution in [2.75, 3.05) is 37.3 Å². The summed E-state index contributed by atoms with van der Waals surface area (Å²) in [5.41, 5.74) is 2.17. The second kappa shape index (κ2) is 8.32. The Morgan fingerprint density at radius 1 is 1.06 bits per heavy atom. The maximum absolute atomic E-state index is 12.3. The zero-order valence-corrected chi connectivity index (χ0v) is 20.2. The van der Waals surface area contributed by atoms with Gasteiger partial charge < -0.3 is 14.5 Å². The molecule has 1 aliphatic heterocycles. The number of hydrogen-bond acceptors (Lipinski definition) is 8. The van der Waals surface area contributed by atoms with Crippen LogP contribution in [0.25, 0.3) is 21.3 Å². The Morgan fingerprint density at radius 3 is 2.31 bits per heavy atom. The molecule has 2 aromatic heterocycles. The van der Waals surface area contributed by atoms with Crippen LogP contribution in [0.1, 0.15) is 20.8 Å². The summed E-state index contributed by atoms with van der Waals surface area (Å²) in [7, 11) is -3.24. The SMILES string of the molecule is CC(C)(C)OC(=O)N1CCN(c2ncnc3c(-c4ccc(S(C)(=O)=O)cc4)csc23)CC1. The highest BCUT2D eigenvalue weighted by Crippen LogP contribution is 2.37. The third kappa shape index (κ3) is 4.71. The normalized spacial score (nSPS) is 15.2. The van der Waals surface area contributed by atoms with E-state index >= 15 is 0 Å². The Labute approximate surface area is 191 Å². The Kier molecular flexibility index (Phi) is 5.85. The number of rotatable bonds is 3. The number of sulfone groups is 1. The van der Waals surface area contributed by atoms with Gasteiger partial charge in [-0.05, 0) is 38.5 Å². The summed E-state index contributed by atoms with van der Waals surface area (Å²) >= 11 is 1.56. The van der Waals surface area contributed by atoms with Gasteiger partial charge in [-0.25, -0.2) is 23.2 Å². The Balaban J connectivity index is 1.55. The van der Waals surface area contributed by atoms with Crippen molar-refractivity contribution in [1.82, 2.24) is 14.9 Å². The van der Waals surface area contributed by atoms with E-state index in [9.17, 15) is 13.2 Å². The van der Waals surface area contributed by atoms with Crippen molar-refractivity contribution in [3.05, 3.63) is 36.0 Å². The molecule has 1 aliphatic rings. The molecule has 8 nitrogen and oxygen atoms in total. The van der Waals surface area contributed by atoms with Gasteiger partial charge in [-0.2, -0.15) is 0 Å². The average molecular weight is 475 g/mol. The van der Waals surface area contributed by atoms with Crippen LogP contribution in [-0.4, -0.2) is 67.4 Å². The number of anilines is 1. The maximum Gasteiger partial charge on any atom is 0.410 e. The Bertz CT molecular complexity index is 1240. The summed E-state index contributed by atoms with van der Waals surface area (Å²) in [6.45, 7) is 8.02. The number of benzene rings is 1. The van der Waals surface area contributed by atoms with E-state index in [-0.39, 0.29) is 6.09 Å². The number of carbonyl (C=O) groups is 1. The van der Waals surface area contributed by atoms with E-state index in [2.05, 4.69) is 14.9 Å². The van der Waals surface area contributed by atoms with E-state index in [0.717, 1.165) is 27.2 Å². The predicted molar refractivity (Wildman–Crippen MR) is 126 cm³/mol. The summed E-state index contributed by atoms with van der Waals surface area (Å²) in [5, 5.41) is 2.02. The lowest BCUT2D eigenvalue weighted by molar-refractivity contribution is 0.0240. The van der Waals surface area contributed by atoms with Crippen LogP contribution in [0, 0.1) is 0 Å². The molecule has 0 spiro atoms. The van der Waals surface area contributed by atoms with Crippen LogP contribution in [0.4, 0.5) is 10.6 Å². The Hall–Kier alpha value is -2.72. The summed E-state index contributed by atoms with van der Waals surface area (Å²) in [6, 6.07) is 6.84. The second-order valence-electron chi connectivity index (χ2n) is 8.78. The van der Waals surface area contributed by atoms with Crippen molar-refractivity contribution in [3.8, 4) is 11.1 Å². The van der Waals surface area contributed by atoms with Gasteiger partial charge in [0.1, 0.15) is 17.7 Å². The van der Waals surface area contributed by atoms with Gasteiger partial charge in [-0.3, -0.25) is 0 Å². The fourth-order valence-corrected chi connectivity index (χ4v) is 5.25.